The highest BCUT2D eigenvalue weighted by Crippen LogP contribution is 2.15. The van der Waals surface area contributed by atoms with Crippen LogP contribution in [0.5, 0.6) is 0 Å². The summed E-state index contributed by atoms with van der Waals surface area (Å²) in [6, 6.07) is 9.90. The maximum atomic E-state index is 11.8. The number of amides is 1. The van der Waals surface area contributed by atoms with E-state index in [1.165, 1.54) is 6.07 Å². The van der Waals surface area contributed by atoms with Crippen LogP contribution < -0.4 is 11.3 Å². The van der Waals surface area contributed by atoms with Gasteiger partial charge in [0.25, 0.3) is 5.56 Å². The highest BCUT2D eigenvalue weighted by atomic mass is 16.4. The van der Waals surface area contributed by atoms with Gasteiger partial charge in [0.2, 0.25) is 5.91 Å². The number of carboxylic acids is 1. The van der Waals surface area contributed by atoms with Gasteiger partial charge in [0.1, 0.15) is 12.1 Å². The fourth-order valence-electron chi connectivity index (χ4n) is 1.70. The van der Waals surface area contributed by atoms with Crippen molar-refractivity contribution in [3.63, 3.8) is 0 Å². The maximum Gasteiger partial charge on any atom is 0.341 e. The van der Waals surface area contributed by atoms with E-state index in [1.807, 2.05) is 0 Å². The smallest absolute Gasteiger partial charge is 0.341 e. The molecule has 2 rings (SSSR count). The third kappa shape index (κ3) is 2.72. The largest absolute Gasteiger partial charge is 0.477 e. The molecule has 0 aliphatic rings. The Kier molecular flexibility index (Phi) is 3.60. The maximum absolute atomic E-state index is 11.8. The number of nitrogens with zero attached hydrogens (tertiary/aromatic N) is 2. The molecule has 0 radical (unpaired) electrons. The summed E-state index contributed by atoms with van der Waals surface area (Å²) in [7, 11) is 0. The zero-order valence-electron chi connectivity index (χ0n) is 10.3. The standard InChI is InChI=1S/C13H11N3O4/c14-11(17)7-16-12(18)9(13(19)20)6-10(15-16)8-4-2-1-3-5-8/h1-6H,7H2,(H2,14,17)(H,19,20). The average Bonchev–Trinajstić information content (AvgIpc) is 2.41. The second-order valence-corrected chi connectivity index (χ2v) is 4.04. The van der Waals surface area contributed by atoms with Crippen LogP contribution in [-0.2, 0) is 11.3 Å². The summed E-state index contributed by atoms with van der Waals surface area (Å²) in [5.41, 5.74) is 4.61. The first-order valence-electron chi connectivity index (χ1n) is 5.68. The minimum Gasteiger partial charge on any atom is -0.477 e. The molecule has 1 amide bonds. The van der Waals surface area contributed by atoms with Gasteiger partial charge < -0.3 is 10.8 Å². The van der Waals surface area contributed by atoms with Crippen molar-refractivity contribution in [1.29, 1.82) is 0 Å². The summed E-state index contributed by atoms with van der Waals surface area (Å²) in [6.45, 7) is -0.472. The molecule has 0 saturated carbocycles. The van der Waals surface area contributed by atoms with E-state index in [-0.39, 0.29) is 5.69 Å². The second-order valence-electron chi connectivity index (χ2n) is 4.04. The van der Waals surface area contributed by atoms with Crippen molar-refractivity contribution in [3.05, 3.63) is 52.3 Å². The summed E-state index contributed by atoms with van der Waals surface area (Å²) in [6.07, 6.45) is 0. The van der Waals surface area contributed by atoms with Gasteiger partial charge in [-0.15, -0.1) is 0 Å². The predicted octanol–water partition coefficient (Wildman–Crippen LogP) is 0.0938. The third-order valence-corrected chi connectivity index (χ3v) is 2.58. The number of rotatable bonds is 4. The minimum absolute atomic E-state index is 0.281. The van der Waals surface area contributed by atoms with Crippen molar-refractivity contribution in [1.82, 2.24) is 9.78 Å². The van der Waals surface area contributed by atoms with Crippen LogP contribution in [0.4, 0.5) is 0 Å². The second kappa shape index (κ2) is 5.35. The molecule has 0 fully saturated rings. The van der Waals surface area contributed by atoms with Crippen molar-refractivity contribution >= 4 is 11.9 Å². The van der Waals surface area contributed by atoms with Crippen LogP contribution in [0.15, 0.2) is 41.2 Å². The number of carbonyl (C=O) groups excluding carboxylic acids is 1. The van der Waals surface area contributed by atoms with Crippen LogP contribution in [-0.4, -0.2) is 26.8 Å². The molecule has 1 aromatic carbocycles. The number of carboxylic acid groups (broad SMARTS) is 1. The van der Waals surface area contributed by atoms with Crippen LogP contribution in [0.3, 0.4) is 0 Å². The molecule has 0 aliphatic carbocycles. The van der Waals surface area contributed by atoms with Gasteiger partial charge in [-0.25, -0.2) is 9.48 Å². The Morgan fingerprint density at radius 3 is 2.45 bits per heavy atom. The molecule has 102 valence electrons. The molecule has 7 heteroatoms. The normalized spacial score (nSPS) is 10.2. The summed E-state index contributed by atoms with van der Waals surface area (Å²) < 4.78 is 0.758. The fraction of sp³-hybridized carbons (Fsp3) is 0.0769. The van der Waals surface area contributed by atoms with E-state index in [2.05, 4.69) is 5.10 Å². The highest BCUT2D eigenvalue weighted by molar-refractivity contribution is 5.88. The Morgan fingerprint density at radius 1 is 1.25 bits per heavy atom. The molecule has 3 N–H and O–H groups in total. The van der Waals surface area contributed by atoms with E-state index >= 15 is 0 Å². The monoisotopic (exact) mass is 273 g/mol. The van der Waals surface area contributed by atoms with E-state index in [0.717, 1.165) is 4.68 Å². The van der Waals surface area contributed by atoms with Crippen molar-refractivity contribution < 1.29 is 14.7 Å². The van der Waals surface area contributed by atoms with Gasteiger partial charge in [-0.05, 0) is 6.07 Å². The molecule has 2 aromatic rings. The number of carbonyl (C=O) groups is 2. The molecular formula is C13H11N3O4. The van der Waals surface area contributed by atoms with E-state index in [9.17, 15) is 14.4 Å². The summed E-state index contributed by atoms with van der Waals surface area (Å²) in [4.78, 5) is 33.9. The van der Waals surface area contributed by atoms with Gasteiger partial charge in [-0.3, -0.25) is 9.59 Å². The molecule has 0 spiro atoms. The first kappa shape index (κ1) is 13.5. The fourth-order valence-corrected chi connectivity index (χ4v) is 1.70. The van der Waals surface area contributed by atoms with Crippen LogP contribution in [0, 0.1) is 0 Å². The summed E-state index contributed by atoms with van der Waals surface area (Å²) >= 11 is 0. The topological polar surface area (TPSA) is 115 Å². The Labute approximate surface area is 113 Å². The van der Waals surface area contributed by atoms with Gasteiger partial charge in [0, 0.05) is 5.56 Å². The average molecular weight is 273 g/mol. The van der Waals surface area contributed by atoms with E-state index < -0.39 is 29.5 Å². The zero-order valence-corrected chi connectivity index (χ0v) is 10.3. The number of hydrogen-bond acceptors (Lipinski definition) is 4. The SMILES string of the molecule is NC(=O)Cn1nc(-c2ccccc2)cc(C(=O)O)c1=O. The number of nitrogens with two attached hydrogens (primary N) is 1. The lowest BCUT2D eigenvalue weighted by molar-refractivity contribution is -0.118. The molecule has 0 bridgehead atoms. The van der Waals surface area contributed by atoms with E-state index in [1.54, 1.807) is 30.3 Å². The summed E-state index contributed by atoms with van der Waals surface area (Å²) in [5, 5.41) is 13.0. The molecule has 0 unspecified atom stereocenters. The molecule has 0 aliphatic heterocycles. The van der Waals surface area contributed by atoms with Gasteiger partial charge in [0.05, 0.1) is 5.69 Å². The van der Waals surface area contributed by atoms with Gasteiger partial charge in [-0.1, -0.05) is 30.3 Å². The van der Waals surface area contributed by atoms with Crippen LogP contribution >= 0.6 is 0 Å². The third-order valence-electron chi connectivity index (χ3n) is 2.58. The van der Waals surface area contributed by atoms with Crippen molar-refractivity contribution in [3.8, 4) is 11.3 Å². The van der Waals surface area contributed by atoms with E-state index in [4.69, 9.17) is 10.8 Å². The Bertz CT molecular complexity index is 722. The lowest BCUT2D eigenvalue weighted by atomic mass is 10.1. The molecule has 7 nitrogen and oxygen atoms in total. The van der Waals surface area contributed by atoms with Gasteiger partial charge in [0.15, 0.2) is 0 Å². The lowest BCUT2D eigenvalue weighted by Gasteiger charge is -2.07. The molecule has 1 aromatic heterocycles. The first-order chi connectivity index (χ1) is 9.49. The van der Waals surface area contributed by atoms with E-state index in [0.29, 0.717) is 5.56 Å². The predicted molar refractivity (Wildman–Crippen MR) is 70.1 cm³/mol. The molecule has 0 saturated heterocycles. The summed E-state index contributed by atoms with van der Waals surface area (Å²) in [5.74, 6) is -2.16. The number of primary amides is 1. The highest BCUT2D eigenvalue weighted by Gasteiger charge is 2.16. The van der Waals surface area contributed by atoms with Gasteiger partial charge in [-0.2, -0.15) is 5.10 Å². The molecule has 20 heavy (non-hydrogen) atoms. The van der Waals surface area contributed by atoms with Crippen LogP contribution in [0.25, 0.3) is 11.3 Å². The Morgan fingerprint density at radius 2 is 1.90 bits per heavy atom. The van der Waals surface area contributed by atoms with Gasteiger partial charge >= 0.3 is 5.97 Å². The number of benzene rings is 1. The molecule has 0 atom stereocenters. The van der Waals surface area contributed by atoms with Crippen LogP contribution in [0.1, 0.15) is 10.4 Å². The zero-order chi connectivity index (χ0) is 14.7. The molecule has 1 heterocycles. The molecular weight excluding hydrogens is 262 g/mol. The lowest BCUT2D eigenvalue weighted by Crippen LogP contribution is -2.33. The number of aromatic carboxylic acids is 1. The van der Waals surface area contributed by atoms with Crippen molar-refractivity contribution in [2.75, 3.05) is 0 Å². The Hall–Kier alpha value is -2.96. The Balaban J connectivity index is 2.65. The number of aromatic nitrogens is 2. The van der Waals surface area contributed by atoms with Crippen molar-refractivity contribution in [2.24, 2.45) is 5.73 Å². The first-order valence-corrected chi connectivity index (χ1v) is 5.68. The number of hydrogen-bond donors (Lipinski definition) is 2. The minimum atomic E-state index is -1.38. The van der Waals surface area contributed by atoms with Crippen molar-refractivity contribution in [2.45, 2.75) is 6.54 Å². The van der Waals surface area contributed by atoms with Crippen LogP contribution in [0.2, 0.25) is 0 Å². The quantitative estimate of drug-likeness (QED) is 0.819.